The Kier molecular flexibility index (Phi) is 13.1. The summed E-state index contributed by atoms with van der Waals surface area (Å²) in [5, 5.41) is 6.92. The van der Waals surface area contributed by atoms with Gasteiger partial charge in [0.05, 0.1) is 0 Å². The Morgan fingerprint density at radius 1 is 1.27 bits per heavy atom. The molecule has 5 nitrogen and oxygen atoms in total. The fourth-order valence-electron chi connectivity index (χ4n) is 2.87. The van der Waals surface area contributed by atoms with Gasteiger partial charge in [-0.2, -0.15) is 0 Å². The minimum atomic E-state index is 0. The van der Waals surface area contributed by atoms with Gasteiger partial charge in [0.1, 0.15) is 12.4 Å². The van der Waals surface area contributed by atoms with Crippen molar-refractivity contribution >= 4 is 42.3 Å². The van der Waals surface area contributed by atoms with Gasteiger partial charge in [-0.15, -0.1) is 24.8 Å². The van der Waals surface area contributed by atoms with Gasteiger partial charge in [-0.1, -0.05) is 18.5 Å². The first-order valence-corrected chi connectivity index (χ1v) is 9.02. The van der Waals surface area contributed by atoms with Gasteiger partial charge < -0.3 is 15.4 Å². The van der Waals surface area contributed by atoms with Crippen molar-refractivity contribution in [2.24, 2.45) is 5.92 Å². The maximum Gasteiger partial charge on any atom is 0.224 e. The van der Waals surface area contributed by atoms with Crippen LogP contribution in [0, 0.1) is 5.92 Å². The summed E-state index contributed by atoms with van der Waals surface area (Å²) in [6.45, 7) is 6.23. The van der Waals surface area contributed by atoms with E-state index in [1.165, 1.54) is 0 Å². The highest BCUT2D eigenvalue weighted by Crippen LogP contribution is 2.16. The van der Waals surface area contributed by atoms with Crippen molar-refractivity contribution in [3.63, 3.8) is 0 Å². The second-order valence-electron chi connectivity index (χ2n) is 6.39. The van der Waals surface area contributed by atoms with Gasteiger partial charge in [0.25, 0.3) is 0 Å². The number of halogens is 3. The third-order valence-electron chi connectivity index (χ3n) is 4.38. The van der Waals surface area contributed by atoms with E-state index < -0.39 is 0 Å². The van der Waals surface area contributed by atoms with Gasteiger partial charge in [-0.25, -0.2) is 0 Å². The van der Waals surface area contributed by atoms with Crippen molar-refractivity contribution in [3.05, 3.63) is 29.3 Å². The van der Waals surface area contributed by atoms with Crippen molar-refractivity contribution < 1.29 is 9.53 Å². The highest BCUT2D eigenvalue weighted by Gasteiger charge is 2.22. The molecule has 1 aromatic carbocycles. The van der Waals surface area contributed by atoms with E-state index in [0.717, 1.165) is 43.2 Å². The lowest BCUT2D eigenvalue weighted by Crippen LogP contribution is -2.47. The van der Waals surface area contributed by atoms with Crippen molar-refractivity contribution in [1.82, 2.24) is 15.5 Å². The fourth-order valence-corrected chi connectivity index (χ4v) is 2.99. The molecule has 0 saturated carbocycles. The molecule has 1 atom stereocenters. The number of amides is 1. The Labute approximate surface area is 174 Å². The molecule has 2 N–H and O–H groups in total. The summed E-state index contributed by atoms with van der Waals surface area (Å²) in [6.07, 6.45) is 2.00. The number of carbonyl (C=O) groups is 1. The summed E-state index contributed by atoms with van der Waals surface area (Å²) in [5.41, 5.74) is 0. The molecule has 8 heteroatoms. The maximum atomic E-state index is 12.0. The fraction of sp³-hybridized carbons (Fsp3) is 0.611. The van der Waals surface area contributed by atoms with E-state index in [1.807, 2.05) is 38.2 Å². The van der Waals surface area contributed by atoms with Crippen LogP contribution in [0.25, 0.3) is 0 Å². The van der Waals surface area contributed by atoms with E-state index in [1.54, 1.807) is 0 Å². The standard InChI is InChI=1S/C18H28ClN3O2.2ClH/c1-14(13-20-2)18(23)21-16-7-9-22(10-8-16)11-12-24-17-5-3-15(19)4-6-17;;/h3-6,14,16,20H,7-13H2,1-2H3,(H,21,23);2*1H. The van der Waals surface area contributed by atoms with Crippen molar-refractivity contribution in [2.75, 3.05) is 39.8 Å². The zero-order valence-electron chi connectivity index (χ0n) is 15.4. The van der Waals surface area contributed by atoms with Crippen LogP contribution in [0.15, 0.2) is 24.3 Å². The lowest BCUT2D eigenvalue weighted by atomic mass is 10.0. The van der Waals surface area contributed by atoms with E-state index >= 15 is 0 Å². The summed E-state index contributed by atoms with van der Waals surface area (Å²) < 4.78 is 5.74. The molecule has 1 unspecified atom stereocenters. The van der Waals surface area contributed by atoms with Gasteiger partial charge in [-0.05, 0) is 44.2 Å². The number of likely N-dealkylation sites (tertiary alicyclic amines) is 1. The molecular formula is C18H30Cl3N3O2. The quantitative estimate of drug-likeness (QED) is 0.671. The molecule has 1 heterocycles. The number of rotatable bonds is 8. The van der Waals surface area contributed by atoms with Gasteiger partial charge >= 0.3 is 0 Å². The molecule has 1 aliphatic rings. The second-order valence-corrected chi connectivity index (χ2v) is 6.82. The van der Waals surface area contributed by atoms with Crippen molar-refractivity contribution in [1.29, 1.82) is 0 Å². The minimum Gasteiger partial charge on any atom is -0.492 e. The summed E-state index contributed by atoms with van der Waals surface area (Å²) >= 11 is 5.86. The van der Waals surface area contributed by atoms with E-state index in [0.29, 0.717) is 19.2 Å². The summed E-state index contributed by atoms with van der Waals surface area (Å²) in [7, 11) is 1.87. The number of benzene rings is 1. The van der Waals surface area contributed by atoms with Crippen molar-refractivity contribution in [2.45, 2.75) is 25.8 Å². The number of carbonyl (C=O) groups excluding carboxylic acids is 1. The van der Waals surface area contributed by atoms with Crippen LogP contribution in [0.1, 0.15) is 19.8 Å². The third kappa shape index (κ3) is 8.78. The average molecular weight is 427 g/mol. The molecule has 1 amide bonds. The Bertz CT molecular complexity index is 509. The largest absolute Gasteiger partial charge is 0.492 e. The molecule has 2 rings (SSSR count). The number of nitrogens with one attached hydrogen (secondary N) is 2. The predicted molar refractivity (Wildman–Crippen MR) is 112 cm³/mol. The van der Waals surface area contributed by atoms with Crippen LogP contribution < -0.4 is 15.4 Å². The number of ether oxygens (including phenoxy) is 1. The minimum absolute atomic E-state index is 0. The van der Waals surface area contributed by atoms with Crippen LogP contribution in [0.4, 0.5) is 0 Å². The monoisotopic (exact) mass is 425 g/mol. The zero-order valence-corrected chi connectivity index (χ0v) is 17.8. The first kappa shape index (κ1) is 25.3. The highest BCUT2D eigenvalue weighted by atomic mass is 35.5. The SMILES string of the molecule is CNCC(C)C(=O)NC1CCN(CCOc2ccc(Cl)cc2)CC1.Cl.Cl. The van der Waals surface area contributed by atoms with Crippen LogP contribution in [-0.4, -0.2) is 56.7 Å². The summed E-state index contributed by atoms with van der Waals surface area (Å²) in [6, 6.07) is 7.73. The van der Waals surface area contributed by atoms with Crippen LogP contribution in [-0.2, 0) is 4.79 Å². The van der Waals surface area contributed by atoms with Gasteiger partial charge in [0.15, 0.2) is 0 Å². The molecule has 1 fully saturated rings. The zero-order chi connectivity index (χ0) is 17.4. The van der Waals surface area contributed by atoms with Crippen LogP contribution >= 0.6 is 36.4 Å². The Hall–Kier alpha value is -0.720. The summed E-state index contributed by atoms with van der Waals surface area (Å²) in [4.78, 5) is 14.4. The van der Waals surface area contributed by atoms with Crippen molar-refractivity contribution in [3.8, 4) is 5.75 Å². The molecule has 0 spiro atoms. The number of piperidine rings is 1. The lowest BCUT2D eigenvalue weighted by Gasteiger charge is -2.32. The normalized spacial score (nSPS) is 16.1. The lowest BCUT2D eigenvalue weighted by molar-refractivity contribution is -0.125. The topological polar surface area (TPSA) is 53.6 Å². The second kappa shape index (κ2) is 13.4. The van der Waals surface area contributed by atoms with E-state index in [9.17, 15) is 4.79 Å². The Morgan fingerprint density at radius 2 is 1.88 bits per heavy atom. The Morgan fingerprint density at radius 3 is 2.46 bits per heavy atom. The molecule has 26 heavy (non-hydrogen) atoms. The average Bonchev–Trinajstić information content (AvgIpc) is 2.58. The molecule has 0 radical (unpaired) electrons. The molecule has 0 aromatic heterocycles. The Balaban J connectivity index is 0.00000312. The van der Waals surface area contributed by atoms with Crippen LogP contribution in [0.2, 0.25) is 5.02 Å². The van der Waals surface area contributed by atoms with Crippen LogP contribution in [0.3, 0.4) is 0 Å². The van der Waals surface area contributed by atoms with Gasteiger partial charge in [0, 0.05) is 43.2 Å². The number of nitrogens with zero attached hydrogens (tertiary/aromatic N) is 1. The van der Waals surface area contributed by atoms with E-state index in [2.05, 4.69) is 15.5 Å². The molecular weight excluding hydrogens is 397 g/mol. The molecule has 150 valence electrons. The number of hydrogen-bond acceptors (Lipinski definition) is 4. The van der Waals surface area contributed by atoms with Gasteiger partial charge in [-0.3, -0.25) is 9.69 Å². The first-order chi connectivity index (χ1) is 11.6. The molecule has 0 bridgehead atoms. The molecule has 1 aliphatic heterocycles. The van der Waals surface area contributed by atoms with Gasteiger partial charge in [0.2, 0.25) is 5.91 Å². The first-order valence-electron chi connectivity index (χ1n) is 8.64. The molecule has 0 aliphatic carbocycles. The number of hydrogen-bond donors (Lipinski definition) is 2. The van der Waals surface area contributed by atoms with Crippen LogP contribution in [0.5, 0.6) is 5.75 Å². The molecule has 1 saturated heterocycles. The highest BCUT2D eigenvalue weighted by molar-refractivity contribution is 6.30. The predicted octanol–water partition coefficient (Wildman–Crippen LogP) is 3.00. The van der Waals surface area contributed by atoms with E-state index in [4.69, 9.17) is 16.3 Å². The molecule has 1 aromatic rings. The third-order valence-corrected chi connectivity index (χ3v) is 4.63. The summed E-state index contributed by atoms with van der Waals surface area (Å²) in [5.74, 6) is 1.01. The maximum absolute atomic E-state index is 12.0. The van der Waals surface area contributed by atoms with E-state index in [-0.39, 0.29) is 36.6 Å². The smallest absolute Gasteiger partial charge is 0.224 e.